The molecule has 65 valence electrons. The molecule has 1 fully saturated rings. The summed E-state index contributed by atoms with van der Waals surface area (Å²) in [7, 11) is -1.39. The zero-order valence-electron chi connectivity index (χ0n) is 7.81. The smallest absolute Gasteiger partial charge is 0.184 e. The van der Waals surface area contributed by atoms with Gasteiger partial charge in [0.1, 0.15) is 12.2 Å². The molecule has 11 heavy (non-hydrogen) atoms. The van der Waals surface area contributed by atoms with E-state index in [1.165, 1.54) is 0 Å². The first-order valence-corrected chi connectivity index (χ1v) is 7.54. The molecule has 1 atom stereocenters. The van der Waals surface area contributed by atoms with Gasteiger partial charge in [0.2, 0.25) is 0 Å². The van der Waals surface area contributed by atoms with Crippen molar-refractivity contribution in [1.82, 2.24) is 0 Å². The molecule has 2 nitrogen and oxygen atoms in total. The number of rotatable bonds is 3. The average Bonchev–Trinajstić information content (AvgIpc) is 1.77. The Morgan fingerprint density at radius 3 is 2.18 bits per heavy atom. The lowest BCUT2D eigenvalue weighted by Gasteiger charge is -2.44. The molecule has 0 spiro atoms. The highest BCUT2D eigenvalue weighted by molar-refractivity contribution is 6.69. The fourth-order valence-corrected chi connectivity index (χ4v) is 2.66. The highest BCUT2D eigenvalue weighted by Crippen LogP contribution is 2.32. The van der Waals surface area contributed by atoms with E-state index in [-0.39, 0.29) is 5.60 Å². The Bertz CT molecular complexity index is 130. The van der Waals surface area contributed by atoms with Gasteiger partial charge < -0.3 is 9.16 Å². The number of hydrogen-bond donors (Lipinski definition) is 0. The minimum Gasteiger partial charge on any atom is -0.407 e. The van der Waals surface area contributed by atoms with Crippen LogP contribution in [0.15, 0.2) is 0 Å². The first-order chi connectivity index (χ1) is 4.97. The van der Waals surface area contributed by atoms with Crippen LogP contribution in [-0.2, 0) is 9.16 Å². The maximum atomic E-state index is 5.97. The van der Waals surface area contributed by atoms with Gasteiger partial charge in [0, 0.05) is 0 Å². The summed E-state index contributed by atoms with van der Waals surface area (Å²) in [6.07, 6.45) is 1.03. The molecular formula is C8H17O2Si. The van der Waals surface area contributed by atoms with Gasteiger partial charge in [-0.15, -0.1) is 0 Å². The van der Waals surface area contributed by atoms with E-state index in [0.29, 0.717) is 0 Å². The van der Waals surface area contributed by atoms with Gasteiger partial charge >= 0.3 is 0 Å². The summed E-state index contributed by atoms with van der Waals surface area (Å²) in [4.78, 5) is 0. The van der Waals surface area contributed by atoms with Crippen LogP contribution in [0.25, 0.3) is 0 Å². The molecule has 0 aromatic heterocycles. The molecule has 0 aliphatic carbocycles. The second kappa shape index (κ2) is 2.88. The Morgan fingerprint density at radius 1 is 1.55 bits per heavy atom. The summed E-state index contributed by atoms with van der Waals surface area (Å²) in [6.45, 7) is 11.3. The summed E-state index contributed by atoms with van der Waals surface area (Å²) < 4.78 is 11.0. The summed E-state index contributed by atoms with van der Waals surface area (Å²) >= 11 is 0. The van der Waals surface area contributed by atoms with E-state index < -0.39 is 8.32 Å². The van der Waals surface area contributed by atoms with E-state index in [1.807, 2.05) is 6.61 Å². The Kier molecular flexibility index (Phi) is 2.42. The molecule has 1 aliphatic rings. The lowest BCUT2D eigenvalue weighted by Crippen LogP contribution is -2.52. The van der Waals surface area contributed by atoms with Crippen molar-refractivity contribution in [3.63, 3.8) is 0 Å². The number of ether oxygens (including phenoxy) is 1. The Balaban J connectivity index is 2.45. The van der Waals surface area contributed by atoms with Crippen molar-refractivity contribution < 1.29 is 9.16 Å². The fraction of sp³-hybridized carbons (Fsp3) is 0.875. The SMILES string of the molecule is CCC1(O[Si](C)(C)C)[CH]OC1. The monoisotopic (exact) mass is 173 g/mol. The number of hydrogen-bond acceptors (Lipinski definition) is 2. The zero-order valence-corrected chi connectivity index (χ0v) is 8.81. The lowest BCUT2D eigenvalue weighted by molar-refractivity contribution is -0.116. The van der Waals surface area contributed by atoms with Gasteiger partial charge in [-0.05, 0) is 26.1 Å². The van der Waals surface area contributed by atoms with Crippen molar-refractivity contribution in [2.24, 2.45) is 0 Å². The van der Waals surface area contributed by atoms with Crippen molar-refractivity contribution in [3.8, 4) is 0 Å². The lowest BCUT2D eigenvalue weighted by atomic mass is 10.00. The maximum absolute atomic E-state index is 5.97. The van der Waals surface area contributed by atoms with Crippen molar-refractivity contribution in [1.29, 1.82) is 0 Å². The minimum atomic E-state index is -1.39. The van der Waals surface area contributed by atoms with Crippen LogP contribution < -0.4 is 0 Å². The molecule has 0 bridgehead atoms. The normalized spacial score (nSPS) is 22.9. The minimum absolute atomic E-state index is 0.0372. The molecule has 1 unspecified atom stereocenters. The Morgan fingerprint density at radius 2 is 2.09 bits per heavy atom. The maximum Gasteiger partial charge on any atom is 0.184 e. The molecule has 1 aliphatic heterocycles. The molecule has 0 amide bonds. The topological polar surface area (TPSA) is 18.5 Å². The molecule has 1 heterocycles. The highest BCUT2D eigenvalue weighted by Gasteiger charge is 2.41. The van der Waals surface area contributed by atoms with Crippen LogP contribution in [-0.4, -0.2) is 20.5 Å². The first kappa shape index (κ1) is 9.23. The van der Waals surface area contributed by atoms with E-state index >= 15 is 0 Å². The predicted octanol–water partition coefficient (Wildman–Crippen LogP) is 2.18. The molecule has 0 N–H and O–H groups in total. The molecular weight excluding hydrogens is 156 g/mol. The van der Waals surface area contributed by atoms with Gasteiger partial charge in [0.25, 0.3) is 0 Å². The van der Waals surface area contributed by atoms with Crippen LogP contribution in [0.4, 0.5) is 0 Å². The molecule has 3 heteroatoms. The summed E-state index contributed by atoms with van der Waals surface area (Å²) in [5.41, 5.74) is -0.0372. The van der Waals surface area contributed by atoms with Crippen LogP contribution in [0, 0.1) is 6.61 Å². The standard InChI is InChI=1S/C8H17O2Si/c1-5-8(6-9-7-8)10-11(2,3)4/h6H,5,7H2,1-4H3. The van der Waals surface area contributed by atoms with Crippen molar-refractivity contribution >= 4 is 8.32 Å². The van der Waals surface area contributed by atoms with Crippen LogP contribution in [0.5, 0.6) is 0 Å². The third-order valence-corrected chi connectivity index (χ3v) is 2.75. The molecule has 0 saturated carbocycles. The van der Waals surface area contributed by atoms with Gasteiger partial charge in [-0.25, -0.2) is 0 Å². The predicted molar refractivity (Wildman–Crippen MR) is 47.7 cm³/mol. The van der Waals surface area contributed by atoms with E-state index in [9.17, 15) is 0 Å². The van der Waals surface area contributed by atoms with Gasteiger partial charge in [-0.1, -0.05) is 6.92 Å². The zero-order chi connectivity index (χ0) is 8.54. The van der Waals surface area contributed by atoms with Gasteiger partial charge in [-0.3, -0.25) is 0 Å². The van der Waals surface area contributed by atoms with Gasteiger partial charge in [0.15, 0.2) is 8.32 Å². The second-order valence-corrected chi connectivity index (χ2v) is 8.49. The van der Waals surface area contributed by atoms with Crippen molar-refractivity contribution in [2.45, 2.75) is 38.6 Å². The largest absolute Gasteiger partial charge is 0.407 e. The van der Waals surface area contributed by atoms with E-state index in [1.54, 1.807) is 0 Å². The van der Waals surface area contributed by atoms with E-state index in [0.717, 1.165) is 13.0 Å². The van der Waals surface area contributed by atoms with Crippen LogP contribution in [0.2, 0.25) is 19.6 Å². The van der Waals surface area contributed by atoms with Gasteiger partial charge in [-0.2, -0.15) is 0 Å². The Hall–Kier alpha value is 0.137. The third-order valence-electron chi connectivity index (χ3n) is 1.73. The molecule has 1 saturated heterocycles. The van der Waals surface area contributed by atoms with Crippen LogP contribution in [0.3, 0.4) is 0 Å². The summed E-state index contributed by atoms with van der Waals surface area (Å²) in [6, 6.07) is 0. The summed E-state index contributed by atoms with van der Waals surface area (Å²) in [5, 5.41) is 0. The van der Waals surface area contributed by atoms with E-state index in [4.69, 9.17) is 9.16 Å². The first-order valence-electron chi connectivity index (χ1n) is 4.14. The Labute approximate surface area is 70.0 Å². The van der Waals surface area contributed by atoms with Crippen LogP contribution >= 0.6 is 0 Å². The van der Waals surface area contributed by atoms with E-state index in [2.05, 4.69) is 26.6 Å². The highest BCUT2D eigenvalue weighted by atomic mass is 28.4. The summed E-state index contributed by atoms with van der Waals surface area (Å²) in [5.74, 6) is 0. The third kappa shape index (κ3) is 2.29. The molecule has 0 aromatic carbocycles. The molecule has 0 aromatic rings. The second-order valence-electron chi connectivity index (χ2n) is 4.06. The van der Waals surface area contributed by atoms with Crippen molar-refractivity contribution in [2.75, 3.05) is 6.61 Å². The van der Waals surface area contributed by atoms with Crippen molar-refractivity contribution in [3.05, 3.63) is 6.61 Å². The van der Waals surface area contributed by atoms with Gasteiger partial charge in [0.05, 0.1) is 6.61 Å². The quantitative estimate of drug-likeness (QED) is 0.609. The molecule has 1 radical (unpaired) electrons. The molecule has 1 rings (SSSR count). The fourth-order valence-electron chi connectivity index (χ4n) is 1.19. The van der Waals surface area contributed by atoms with Crippen LogP contribution in [0.1, 0.15) is 13.3 Å². The average molecular weight is 173 g/mol.